The van der Waals surface area contributed by atoms with Crippen molar-refractivity contribution >= 4 is 5.78 Å². The summed E-state index contributed by atoms with van der Waals surface area (Å²) in [5.74, 6) is 3.91. The minimum absolute atomic E-state index is 0.155. The molecule has 0 unspecified atom stereocenters. The molecule has 5 aliphatic carbocycles. The molecule has 0 spiro atoms. The highest BCUT2D eigenvalue weighted by Gasteiger charge is 2.69. The second kappa shape index (κ2) is 6.38. The van der Waals surface area contributed by atoms with Crippen molar-refractivity contribution in [1.82, 2.24) is 0 Å². The predicted octanol–water partition coefficient (Wildman–Crippen LogP) is 8.01. The van der Waals surface area contributed by atoms with Crippen LogP contribution in [-0.2, 0) is 4.79 Å². The molecule has 0 aromatic carbocycles. The van der Waals surface area contributed by atoms with Crippen LogP contribution < -0.4 is 0 Å². The fraction of sp³-hybridized carbons (Fsp3) is 0.833. The molecule has 4 fully saturated rings. The van der Waals surface area contributed by atoms with E-state index in [1.165, 1.54) is 56.9 Å². The minimum Gasteiger partial charge on any atom is -0.294 e. The molecule has 0 saturated heterocycles. The molecule has 0 aromatic rings. The van der Waals surface area contributed by atoms with Crippen LogP contribution in [-0.4, -0.2) is 5.78 Å². The van der Waals surface area contributed by atoms with Crippen LogP contribution in [0.15, 0.2) is 24.3 Å². The van der Waals surface area contributed by atoms with E-state index in [2.05, 4.69) is 61.1 Å². The molecule has 5 rings (SSSR count). The normalized spacial score (nSPS) is 55.1. The van der Waals surface area contributed by atoms with Crippen molar-refractivity contribution < 1.29 is 4.79 Å². The SMILES string of the molecule is C=C(C)[C@@H]1CC[C@]2(C)CC[C@]3(C)[C@H](CC[C@@H]4[C@@]5(C)C=CC(=O)C(C)(C)[C@H]5CC[C@]43C)[C@H]12. The topological polar surface area (TPSA) is 17.1 Å². The van der Waals surface area contributed by atoms with Crippen LogP contribution in [0.25, 0.3) is 0 Å². The quantitative estimate of drug-likeness (QED) is 0.391. The summed E-state index contributed by atoms with van der Waals surface area (Å²) in [6.07, 6.45) is 15.1. The van der Waals surface area contributed by atoms with Crippen LogP contribution >= 0.6 is 0 Å². The van der Waals surface area contributed by atoms with Gasteiger partial charge >= 0.3 is 0 Å². The van der Waals surface area contributed by atoms with Gasteiger partial charge in [-0.1, -0.05) is 59.8 Å². The van der Waals surface area contributed by atoms with Gasteiger partial charge in [0, 0.05) is 5.41 Å². The average molecular weight is 423 g/mol. The van der Waals surface area contributed by atoms with Gasteiger partial charge in [-0.25, -0.2) is 0 Å². The standard InChI is InChI=1S/C30H46O/c1-19(2)20-11-14-27(5)17-18-29(7)21(25(20)27)9-10-23-28(6)15-13-24(31)26(3,4)22(28)12-16-30(23,29)8/h13,15,20-23,25H,1,9-12,14,16-18H2,2-8H3/t20-,21+,22+,23+,25-,27+,28-,29+,30+/m0/s1. The van der Waals surface area contributed by atoms with E-state index in [1.807, 2.05) is 6.08 Å². The number of ketones is 1. The maximum Gasteiger partial charge on any atom is 0.161 e. The van der Waals surface area contributed by atoms with Gasteiger partial charge in [0.15, 0.2) is 5.78 Å². The van der Waals surface area contributed by atoms with Gasteiger partial charge < -0.3 is 0 Å². The van der Waals surface area contributed by atoms with Crippen molar-refractivity contribution in [2.45, 2.75) is 99.8 Å². The summed E-state index contributed by atoms with van der Waals surface area (Å²) in [4.78, 5) is 12.8. The molecule has 9 atom stereocenters. The molecule has 0 radical (unpaired) electrons. The molecule has 0 N–H and O–H groups in total. The zero-order valence-corrected chi connectivity index (χ0v) is 21.3. The maximum atomic E-state index is 12.8. The molecular formula is C30H46O. The summed E-state index contributed by atoms with van der Waals surface area (Å²) in [6, 6.07) is 0. The van der Waals surface area contributed by atoms with Crippen molar-refractivity contribution in [2.75, 3.05) is 0 Å². The summed E-state index contributed by atoms with van der Waals surface area (Å²) >= 11 is 0. The first-order chi connectivity index (χ1) is 14.3. The highest BCUT2D eigenvalue weighted by atomic mass is 16.1. The lowest BCUT2D eigenvalue weighted by molar-refractivity contribution is -0.216. The van der Waals surface area contributed by atoms with Gasteiger partial charge in [-0.15, -0.1) is 0 Å². The Balaban J connectivity index is 1.57. The highest BCUT2D eigenvalue weighted by Crippen LogP contribution is 2.76. The van der Waals surface area contributed by atoms with Gasteiger partial charge in [-0.3, -0.25) is 4.79 Å². The number of hydrogen-bond acceptors (Lipinski definition) is 1. The van der Waals surface area contributed by atoms with Gasteiger partial charge in [0.2, 0.25) is 0 Å². The lowest BCUT2D eigenvalue weighted by Gasteiger charge is -2.71. The molecule has 5 aliphatic rings. The van der Waals surface area contributed by atoms with Crippen LogP contribution in [0.1, 0.15) is 99.8 Å². The Morgan fingerprint density at radius 2 is 1.58 bits per heavy atom. The van der Waals surface area contributed by atoms with Crippen molar-refractivity contribution in [3.8, 4) is 0 Å². The smallest absolute Gasteiger partial charge is 0.161 e. The molecule has 1 nitrogen and oxygen atoms in total. The van der Waals surface area contributed by atoms with E-state index in [9.17, 15) is 4.79 Å². The Hall–Kier alpha value is -0.850. The summed E-state index contributed by atoms with van der Waals surface area (Å²) in [5.41, 5.74) is 2.68. The molecule has 0 bridgehead atoms. The lowest BCUT2D eigenvalue weighted by atomic mass is 9.33. The Morgan fingerprint density at radius 3 is 2.26 bits per heavy atom. The molecule has 4 saturated carbocycles. The zero-order valence-electron chi connectivity index (χ0n) is 21.3. The van der Waals surface area contributed by atoms with Gasteiger partial charge in [-0.05, 0) is 116 Å². The fourth-order valence-corrected chi connectivity index (χ4v) is 10.8. The third-order valence-electron chi connectivity index (χ3n) is 12.8. The Labute approximate surface area is 191 Å². The Morgan fingerprint density at radius 1 is 0.871 bits per heavy atom. The lowest BCUT2D eigenvalue weighted by Crippen LogP contribution is -2.65. The largest absolute Gasteiger partial charge is 0.294 e. The molecule has 0 aromatic heterocycles. The van der Waals surface area contributed by atoms with E-state index in [1.54, 1.807) is 0 Å². The van der Waals surface area contributed by atoms with Crippen LogP contribution in [0.4, 0.5) is 0 Å². The van der Waals surface area contributed by atoms with Crippen molar-refractivity contribution in [1.29, 1.82) is 0 Å². The second-order valence-electron chi connectivity index (χ2n) is 14.1. The summed E-state index contributed by atoms with van der Waals surface area (Å²) in [7, 11) is 0. The predicted molar refractivity (Wildman–Crippen MR) is 130 cm³/mol. The third kappa shape index (κ3) is 2.53. The zero-order chi connectivity index (χ0) is 22.6. The number of carbonyl (C=O) groups excluding carboxylic acids is 1. The van der Waals surface area contributed by atoms with Crippen molar-refractivity contribution in [3.63, 3.8) is 0 Å². The highest BCUT2D eigenvalue weighted by molar-refractivity contribution is 5.95. The Kier molecular flexibility index (Phi) is 4.52. The van der Waals surface area contributed by atoms with E-state index in [4.69, 9.17) is 0 Å². The monoisotopic (exact) mass is 422 g/mol. The van der Waals surface area contributed by atoms with Crippen LogP contribution in [0.5, 0.6) is 0 Å². The van der Waals surface area contributed by atoms with Crippen LogP contribution in [0.3, 0.4) is 0 Å². The molecule has 31 heavy (non-hydrogen) atoms. The van der Waals surface area contributed by atoms with E-state index in [-0.39, 0.29) is 10.8 Å². The molecular weight excluding hydrogens is 376 g/mol. The van der Waals surface area contributed by atoms with Gasteiger partial charge in [-0.2, -0.15) is 0 Å². The first-order valence-electron chi connectivity index (χ1n) is 13.2. The van der Waals surface area contributed by atoms with E-state index in [0.29, 0.717) is 33.9 Å². The van der Waals surface area contributed by atoms with E-state index < -0.39 is 0 Å². The van der Waals surface area contributed by atoms with Gasteiger partial charge in [0.1, 0.15) is 0 Å². The third-order valence-corrected chi connectivity index (χ3v) is 12.8. The second-order valence-corrected chi connectivity index (χ2v) is 14.1. The van der Waals surface area contributed by atoms with Gasteiger partial charge in [0.25, 0.3) is 0 Å². The molecule has 0 amide bonds. The number of fused-ring (bicyclic) bond motifs is 7. The first kappa shape index (κ1) is 22.0. The number of carbonyl (C=O) groups is 1. The summed E-state index contributed by atoms with van der Waals surface area (Å²) in [5, 5.41) is 0. The summed E-state index contributed by atoms with van der Waals surface area (Å²) < 4.78 is 0. The van der Waals surface area contributed by atoms with Gasteiger partial charge in [0.05, 0.1) is 0 Å². The summed E-state index contributed by atoms with van der Waals surface area (Å²) in [6.45, 7) is 21.7. The molecule has 172 valence electrons. The number of rotatable bonds is 1. The van der Waals surface area contributed by atoms with Crippen LogP contribution in [0.2, 0.25) is 0 Å². The van der Waals surface area contributed by atoms with Crippen molar-refractivity contribution in [2.24, 2.45) is 56.7 Å². The number of hydrogen-bond donors (Lipinski definition) is 0. The minimum atomic E-state index is -0.218. The van der Waals surface area contributed by atoms with E-state index in [0.717, 1.165) is 17.8 Å². The molecule has 0 heterocycles. The van der Waals surface area contributed by atoms with Crippen LogP contribution in [0, 0.1) is 56.7 Å². The average Bonchev–Trinajstić information content (AvgIpc) is 3.04. The number of allylic oxidation sites excluding steroid dienone is 3. The maximum absolute atomic E-state index is 12.8. The Bertz CT molecular complexity index is 848. The first-order valence-corrected chi connectivity index (χ1v) is 13.2. The fourth-order valence-electron chi connectivity index (χ4n) is 10.8. The molecule has 0 aliphatic heterocycles. The molecule has 1 heteroatoms. The van der Waals surface area contributed by atoms with E-state index >= 15 is 0 Å². The van der Waals surface area contributed by atoms with Crippen molar-refractivity contribution in [3.05, 3.63) is 24.3 Å².